The van der Waals surface area contributed by atoms with Gasteiger partial charge in [0.25, 0.3) is 0 Å². The second kappa shape index (κ2) is 9.33. The molecule has 0 radical (unpaired) electrons. The summed E-state index contributed by atoms with van der Waals surface area (Å²) in [6, 6.07) is 5.57. The van der Waals surface area contributed by atoms with E-state index in [1.165, 1.54) is 4.90 Å². The van der Waals surface area contributed by atoms with Crippen LogP contribution in [0, 0.1) is 12.7 Å². The molecule has 1 amide bonds. The number of H-pyrrole nitrogens is 1. The zero-order valence-electron chi connectivity index (χ0n) is 19.0. The van der Waals surface area contributed by atoms with Crippen molar-refractivity contribution in [3.63, 3.8) is 0 Å². The van der Waals surface area contributed by atoms with Gasteiger partial charge in [-0.1, -0.05) is 17.7 Å². The molecule has 2 N–H and O–H groups in total. The lowest BCUT2D eigenvalue weighted by Gasteiger charge is -2.29. The van der Waals surface area contributed by atoms with Crippen LogP contribution in [-0.2, 0) is 4.79 Å². The van der Waals surface area contributed by atoms with Gasteiger partial charge in [0.1, 0.15) is 5.52 Å². The molecule has 0 aliphatic heterocycles. The second-order valence-electron chi connectivity index (χ2n) is 7.92. The lowest BCUT2D eigenvalue weighted by molar-refractivity contribution is -0.107. The van der Waals surface area contributed by atoms with Crippen molar-refractivity contribution in [2.75, 3.05) is 43.5 Å². The molecule has 0 aliphatic rings. The summed E-state index contributed by atoms with van der Waals surface area (Å²) >= 11 is 6.76. The van der Waals surface area contributed by atoms with Crippen molar-refractivity contribution in [2.45, 2.75) is 13.8 Å². The summed E-state index contributed by atoms with van der Waals surface area (Å²) in [6.45, 7) is 5.98. The van der Waals surface area contributed by atoms with Crippen LogP contribution in [0.15, 0.2) is 30.6 Å². The van der Waals surface area contributed by atoms with Gasteiger partial charge in [0.15, 0.2) is 5.82 Å². The van der Waals surface area contributed by atoms with Crippen molar-refractivity contribution < 1.29 is 9.18 Å². The molecule has 7 nitrogen and oxygen atoms in total. The number of fused-ring (bicyclic) bond motifs is 2. The minimum absolute atomic E-state index is 0.204. The highest BCUT2D eigenvalue weighted by Crippen LogP contribution is 2.44. The lowest BCUT2D eigenvalue weighted by Crippen LogP contribution is -2.32. The Bertz CT molecular complexity index is 1340. The average Bonchev–Trinajstić information content (AvgIpc) is 3.29. The monoisotopic (exact) mass is 468 g/mol. The Balaban J connectivity index is 2.05. The van der Waals surface area contributed by atoms with Crippen molar-refractivity contribution in [1.29, 1.82) is 0 Å². The summed E-state index contributed by atoms with van der Waals surface area (Å²) in [7, 11) is 3.53. The number of aryl methyl sites for hydroxylation is 1. The molecule has 2 aromatic carbocycles. The third kappa shape index (κ3) is 3.89. The van der Waals surface area contributed by atoms with E-state index < -0.39 is 5.82 Å². The number of benzene rings is 2. The summed E-state index contributed by atoms with van der Waals surface area (Å²) in [5.41, 5.74) is 4.17. The third-order valence-corrected chi connectivity index (χ3v) is 6.25. The zero-order chi connectivity index (χ0) is 23.7. The van der Waals surface area contributed by atoms with E-state index in [4.69, 9.17) is 11.6 Å². The van der Waals surface area contributed by atoms with Crippen LogP contribution in [0.1, 0.15) is 12.5 Å². The molecular weight excluding hydrogens is 443 g/mol. The number of hydrogen-bond donors (Lipinski definition) is 2. The van der Waals surface area contributed by atoms with Crippen molar-refractivity contribution in [1.82, 2.24) is 20.5 Å². The molecule has 0 unspecified atom stereocenters. The van der Waals surface area contributed by atoms with Crippen LogP contribution in [0.25, 0.3) is 32.9 Å². The number of aromatic nitrogens is 3. The van der Waals surface area contributed by atoms with Crippen LogP contribution in [0.3, 0.4) is 0 Å². The highest BCUT2D eigenvalue weighted by atomic mass is 35.5. The number of nitrogens with zero attached hydrogens (tertiary/aromatic N) is 4. The molecule has 2 heterocycles. The number of likely N-dealkylation sites (N-methyl/N-ethyl adjacent to an activating group) is 2. The first-order valence-corrected chi connectivity index (χ1v) is 11.1. The number of pyridine rings is 1. The Hall–Kier alpha value is -3.23. The van der Waals surface area contributed by atoms with Crippen molar-refractivity contribution in [2.24, 2.45) is 0 Å². The fourth-order valence-electron chi connectivity index (χ4n) is 4.25. The van der Waals surface area contributed by atoms with E-state index in [0.29, 0.717) is 41.7 Å². The van der Waals surface area contributed by atoms with E-state index in [0.717, 1.165) is 28.7 Å². The van der Waals surface area contributed by atoms with Gasteiger partial charge in [-0.15, -0.1) is 0 Å². The van der Waals surface area contributed by atoms with Gasteiger partial charge in [-0.05, 0) is 38.6 Å². The number of halogens is 2. The van der Waals surface area contributed by atoms with Gasteiger partial charge in [-0.2, -0.15) is 5.10 Å². The first-order chi connectivity index (χ1) is 15.9. The van der Waals surface area contributed by atoms with Crippen LogP contribution >= 0.6 is 11.6 Å². The highest BCUT2D eigenvalue weighted by Gasteiger charge is 2.24. The zero-order valence-corrected chi connectivity index (χ0v) is 19.8. The largest absolute Gasteiger partial charge is 0.368 e. The van der Waals surface area contributed by atoms with Gasteiger partial charge >= 0.3 is 0 Å². The Labute approximate surface area is 196 Å². The average molecular weight is 469 g/mol. The number of anilines is 2. The molecule has 9 heteroatoms. The van der Waals surface area contributed by atoms with E-state index in [2.05, 4.69) is 25.4 Å². The smallest absolute Gasteiger partial charge is 0.213 e. The van der Waals surface area contributed by atoms with E-state index >= 15 is 4.39 Å². The van der Waals surface area contributed by atoms with Gasteiger partial charge in [0.2, 0.25) is 6.41 Å². The van der Waals surface area contributed by atoms with Crippen molar-refractivity contribution in [3.8, 4) is 11.1 Å². The van der Waals surface area contributed by atoms with Crippen LogP contribution in [0.2, 0.25) is 5.02 Å². The van der Waals surface area contributed by atoms with Crippen LogP contribution in [-0.4, -0.2) is 55.3 Å². The minimum Gasteiger partial charge on any atom is -0.368 e. The molecule has 0 aliphatic carbocycles. The standard InChI is InChI=1S/C24H26ClFN6O/c1-5-32(9-8-27-3)24-15-10-17(25)21(20-14(2)6-7-18-16(20)11-29-30-18)22(26)23(15)28-12-19(24)31(4)13-33/h6-7,10-13,27H,5,8-9H2,1-4H3,(H,29,30). The Morgan fingerprint density at radius 1 is 1.24 bits per heavy atom. The van der Waals surface area contributed by atoms with Gasteiger partial charge in [0, 0.05) is 48.6 Å². The third-order valence-electron chi connectivity index (χ3n) is 5.96. The van der Waals surface area contributed by atoms with E-state index in [1.54, 1.807) is 25.5 Å². The topological polar surface area (TPSA) is 77.1 Å². The predicted octanol–water partition coefficient (Wildman–Crippen LogP) is 4.52. The number of carbonyl (C=O) groups is 1. The first kappa shape index (κ1) is 22.9. The maximum absolute atomic E-state index is 16.2. The summed E-state index contributed by atoms with van der Waals surface area (Å²) in [5.74, 6) is -0.500. The highest BCUT2D eigenvalue weighted by molar-refractivity contribution is 6.35. The van der Waals surface area contributed by atoms with Gasteiger partial charge < -0.3 is 15.1 Å². The SMILES string of the molecule is CCN(CCNC)c1c(N(C)C=O)cnc2c(F)c(-c3c(C)ccc4[nH]ncc34)c(Cl)cc12. The Kier molecular flexibility index (Phi) is 6.49. The summed E-state index contributed by atoms with van der Waals surface area (Å²) in [5, 5.41) is 11.8. The maximum Gasteiger partial charge on any atom is 0.213 e. The molecule has 0 saturated carbocycles. The summed E-state index contributed by atoms with van der Waals surface area (Å²) in [6.07, 6.45) is 3.93. The van der Waals surface area contributed by atoms with Crippen molar-refractivity contribution >= 4 is 51.2 Å². The molecule has 0 atom stereocenters. The molecule has 0 bridgehead atoms. The fraction of sp³-hybridized carbons (Fsp3) is 0.292. The molecule has 2 aromatic heterocycles. The second-order valence-corrected chi connectivity index (χ2v) is 8.33. The lowest BCUT2D eigenvalue weighted by atomic mass is 9.94. The number of nitrogens with one attached hydrogen (secondary N) is 2. The molecule has 0 spiro atoms. The normalized spacial score (nSPS) is 11.3. The molecule has 172 valence electrons. The molecule has 0 fully saturated rings. The summed E-state index contributed by atoms with van der Waals surface area (Å²) in [4.78, 5) is 19.6. The Morgan fingerprint density at radius 3 is 2.73 bits per heavy atom. The molecule has 0 saturated heterocycles. The quantitative estimate of drug-likeness (QED) is 0.372. The number of aromatic amines is 1. The summed E-state index contributed by atoms with van der Waals surface area (Å²) < 4.78 is 16.2. The van der Waals surface area contributed by atoms with E-state index in [-0.39, 0.29) is 10.5 Å². The number of amides is 1. The van der Waals surface area contributed by atoms with Gasteiger partial charge in [0.05, 0.1) is 34.3 Å². The molecule has 4 aromatic rings. The number of rotatable bonds is 8. The van der Waals surface area contributed by atoms with E-state index in [9.17, 15) is 4.79 Å². The number of carbonyl (C=O) groups excluding carboxylic acids is 1. The van der Waals surface area contributed by atoms with Crippen LogP contribution in [0.5, 0.6) is 0 Å². The minimum atomic E-state index is -0.500. The molecule has 4 rings (SSSR count). The maximum atomic E-state index is 16.2. The molecular formula is C24H26ClFN6O. The predicted molar refractivity (Wildman–Crippen MR) is 133 cm³/mol. The Morgan fingerprint density at radius 2 is 2.03 bits per heavy atom. The first-order valence-electron chi connectivity index (χ1n) is 10.7. The molecule has 33 heavy (non-hydrogen) atoms. The van der Waals surface area contributed by atoms with Gasteiger partial charge in [-0.3, -0.25) is 14.9 Å². The van der Waals surface area contributed by atoms with E-state index in [1.807, 2.05) is 33.0 Å². The fourth-order valence-corrected chi connectivity index (χ4v) is 4.54. The van der Waals surface area contributed by atoms with Crippen LogP contribution < -0.4 is 15.1 Å². The van der Waals surface area contributed by atoms with Crippen molar-refractivity contribution in [3.05, 3.63) is 47.0 Å². The van der Waals surface area contributed by atoms with Gasteiger partial charge in [-0.25, -0.2) is 4.39 Å². The van der Waals surface area contributed by atoms with Crippen LogP contribution in [0.4, 0.5) is 15.8 Å². The number of hydrogen-bond acceptors (Lipinski definition) is 5.